The van der Waals surface area contributed by atoms with Crippen molar-refractivity contribution in [3.63, 3.8) is 0 Å². The number of benzene rings is 1. The third-order valence-corrected chi connectivity index (χ3v) is 4.84. The van der Waals surface area contributed by atoms with Gasteiger partial charge in [0, 0.05) is 12.4 Å². The molecule has 1 N–H and O–H groups in total. The molecule has 1 aliphatic carbocycles. The zero-order valence-electron chi connectivity index (χ0n) is 12.8. The molecular formula is C17H25N3. The molecule has 1 aromatic carbocycles. The van der Waals surface area contributed by atoms with E-state index >= 15 is 0 Å². The summed E-state index contributed by atoms with van der Waals surface area (Å²) >= 11 is 0. The van der Waals surface area contributed by atoms with Crippen molar-refractivity contribution in [3.05, 3.63) is 30.0 Å². The van der Waals surface area contributed by atoms with Crippen LogP contribution in [0.5, 0.6) is 0 Å². The Morgan fingerprint density at radius 1 is 1.30 bits per heavy atom. The van der Waals surface area contributed by atoms with Gasteiger partial charge in [0.1, 0.15) is 0 Å². The Hall–Kier alpha value is -1.35. The van der Waals surface area contributed by atoms with Gasteiger partial charge in [0.15, 0.2) is 0 Å². The van der Waals surface area contributed by atoms with E-state index in [1.807, 2.05) is 11.7 Å². The Balaban J connectivity index is 1.99. The fourth-order valence-electron chi connectivity index (χ4n) is 3.85. The minimum Gasteiger partial charge on any atom is -0.311 e. The SMILES string of the molecule is CNC(c1nn(C)c2ccccc12)C1CCCC(C)C1. The van der Waals surface area contributed by atoms with Gasteiger partial charge in [0.2, 0.25) is 0 Å². The lowest BCUT2D eigenvalue weighted by Gasteiger charge is -2.32. The fraction of sp³-hybridized carbons (Fsp3) is 0.588. The molecule has 3 unspecified atom stereocenters. The molecule has 3 rings (SSSR count). The molecule has 1 aromatic heterocycles. The van der Waals surface area contributed by atoms with Gasteiger partial charge in [0.25, 0.3) is 0 Å². The van der Waals surface area contributed by atoms with E-state index in [-0.39, 0.29) is 0 Å². The van der Waals surface area contributed by atoms with Crippen molar-refractivity contribution in [2.75, 3.05) is 7.05 Å². The second kappa shape index (κ2) is 5.57. The minimum absolute atomic E-state index is 0.379. The highest BCUT2D eigenvalue weighted by Crippen LogP contribution is 2.38. The molecule has 0 radical (unpaired) electrons. The number of rotatable bonds is 3. The van der Waals surface area contributed by atoms with Crippen molar-refractivity contribution in [1.82, 2.24) is 15.1 Å². The molecule has 1 aliphatic rings. The number of nitrogens with zero attached hydrogens (tertiary/aromatic N) is 2. The normalized spacial score (nSPS) is 24.9. The van der Waals surface area contributed by atoms with Crippen LogP contribution in [0.4, 0.5) is 0 Å². The highest BCUT2D eigenvalue weighted by molar-refractivity contribution is 5.82. The second-order valence-electron chi connectivity index (χ2n) is 6.32. The number of nitrogens with one attached hydrogen (secondary N) is 1. The zero-order chi connectivity index (χ0) is 14.1. The average Bonchev–Trinajstić information content (AvgIpc) is 2.78. The molecule has 3 nitrogen and oxygen atoms in total. The summed E-state index contributed by atoms with van der Waals surface area (Å²) in [6, 6.07) is 8.94. The quantitative estimate of drug-likeness (QED) is 0.923. The maximum atomic E-state index is 4.82. The molecule has 1 fully saturated rings. The van der Waals surface area contributed by atoms with Crippen molar-refractivity contribution >= 4 is 10.9 Å². The Morgan fingerprint density at radius 3 is 2.85 bits per heavy atom. The Morgan fingerprint density at radius 2 is 2.10 bits per heavy atom. The van der Waals surface area contributed by atoms with E-state index in [1.54, 1.807) is 0 Å². The standard InChI is InChI=1S/C17H25N3/c1-12-7-6-8-13(11-12)16(18-2)17-14-9-4-5-10-15(14)20(3)19-17/h4-5,9-10,12-13,16,18H,6-8,11H2,1-3H3. The van der Waals surface area contributed by atoms with Crippen LogP contribution in [0, 0.1) is 11.8 Å². The van der Waals surface area contributed by atoms with Crippen LogP contribution in [-0.2, 0) is 7.05 Å². The van der Waals surface area contributed by atoms with Crippen LogP contribution >= 0.6 is 0 Å². The number of aryl methyl sites for hydroxylation is 1. The van der Waals surface area contributed by atoms with Gasteiger partial charge in [0.05, 0.1) is 17.3 Å². The highest BCUT2D eigenvalue weighted by Gasteiger charge is 2.29. The number of hydrogen-bond acceptors (Lipinski definition) is 2. The van der Waals surface area contributed by atoms with Crippen molar-refractivity contribution in [2.45, 2.75) is 38.6 Å². The van der Waals surface area contributed by atoms with Crippen LogP contribution in [0.3, 0.4) is 0 Å². The monoisotopic (exact) mass is 271 g/mol. The minimum atomic E-state index is 0.379. The van der Waals surface area contributed by atoms with Crippen LogP contribution in [0.25, 0.3) is 10.9 Å². The van der Waals surface area contributed by atoms with Crippen LogP contribution in [0.2, 0.25) is 0 Å². The Bertz CT molecular complexity index is 587. The summed E-state index contributed by atoms with van der Waals surface area (Å²) in [5, 5.41) is 9.65. The lowest BCUT2D eigenvalue weighted by Crippen LogP contribution is -2.29. The molecule has 108 valence electrons. The van der Waals surface area contributed by atoms with E-state index in [0.29, 0.717) is 12.0 Å². The van der Waals surface area contributed by atoms with Crippen molar-refractivity contribution in [3.8, 4) is 0 Å². The van der Waals surface area contributed by atoms with Crippen molar-refractivity contribution in [2.24, 2.45) is 18.9 Å². The fourth-order valence-corrected chi connectivity index (χ4v) is 3.85. The lowest BCUT2D eigenvalue weighted by molar-refractivity contribution is 0.227. The molecule has 1 heterocycles. The van der Waals surface area contributed by atoms with Gasteiger partial charge in [-0.25, -0.2) is 0 Å². The topological polar surface area (TPSA) is 29.9 Å². The summed E-state index contributed by atoms with van der Waals surface area (Å²) in [4.78, 5) is 0. The Kier molecular flexibility index (Phi) is 3.79. The molecule has 1 saturated carbocycles. The summed E-state index contributed by atoms with van der Waals surface area (Å²) in [5.41, 5.74) is 2.45. The summed E-state index contributed by atoms with van der Waals surface area (Å²) in [6.45, 7) is 2.38. The third kappa shape index (κ3) is 2.35. The summed E-state index contributed by atoms with van der Waals surface area (Å²) in [5.74, 6) is 1.56. The molecule has 2 aromatic rings. The highest BCUT2D eigenvalue weighted by atomic mass is 15.3. The first-order valence-corrected chi connectivity index (χ1v) is 7.79. The van der Waals surface area contributed by atoms with E-state index in [2.05, 4.69) is 43.6 Å². The van der Waals surface area contributed by atoms with Gasteiger partial charge in [-0.05, 0) is 37.8 Å². The van der Waals surface area contributed by atoms with E-state index in [0.717, 1.165) is 5.92 Å². The molecule has 0 saturated heterocycles. The smallest absolute Gasteiger partial charge is 0.0875 e. The molecule has 0 bridgehead atoms. The molecule has 0 spiro atoms. The first-order chi connectivity index (χ1) is 9.70. The molecule has 0 amide bonds. The first kappa shape index (κ1) is 13.6. The molecule has 20 heavy (non-hydrogen) atoms. The van der Waals surface area contributed by atoms with Crippen LogP contribution in [0.1, 0.15) is 44.3 Å². The molecule has 0 aliphatic heterocycles. The maximum absolute atomic E-state index is 4.82. The van der Waals surface area contributed by atoms with E-state index in [9.17, 15) is 0 Å². The van der Waals surface area contributed by atoms with E-state index in [1.165, 1.54) is 42.3 Å². The van der Waals surface area contributed by atoms with Gasteiger partial charge >= 0.3 is 0 Å². The van der Waals surface area contributed by atoms with Gasteiger partial charge in [-0.1, -0.05) is 38.0 Å². The summed E-state index contributed by atoms with van der Waals surface area (Å²) < 4.78 is 2.02. The van der Waals surface area contributed by atoms with Crippen molar-refractivity contribution in [1.29, 1.82) is 0 Å². The van der Waals surface area contributed by atoms with Crippen LogP contribution in [-0.4, -0.2) is 16.8 Å². The largest absolute Gasteiger partial charge is 0.311 e. The van der Waals surface area contributed by atoms with E-state index < -0.39 is 0 Å². The number of aromatic nitrogens is 2. The molecule has 3 atom stereocenters. The van der Waals surface area contributed by atoms with Crippen molar-refractivity contribution < 1.29 is 0 Å². The zero-order valence-corrected chi connectivity index (χ0v) is 12.8. The van der Waals surface area contributed by atoms with E-state index in [4.69, 9.17) is 5.10 Å². The number of hydrogen-bond donors (Lipinski definition) is 1. The van der Waals surface area contributed by atoms with Gasteiger partial charge in [-0.2, -0.15) is 5.10 Å². The predicted octanol–water partition coefficient (Wildman–Crippen LogP) is 3.66. The van der Waals surface area contributed by atoms with Crippen LogP contribution in [0.15, 0.2) is 24.3 Å². The summed E-state index contributed by atoms with van der Waals surface area (Å²) in [7, 11) is 4.12. The average molecular weight is 271 g/mol. The molecular weight excluding hydrogens is 246 g/mol. The Labute approximate surface area is 121 Å². The molecule has 3 heteroatoms. The summed E-state index contributed by atoms with van der Waals surface area (Å²) in [6.07, 6.45) is 5.38. The maximum Gasteiger partial charge on any atom is 0.0875 e. The van der Waals surface area contributed by atoms with Gasteiger partial charge < -0.3 is 5.32 Å². The number of para-hydroxylation sites is 1. The van der Waals surface area contributed by atoms with Gasteiger partial charge in [-0.3, -0.25) is 4.68 Å². The second-order valence-corrected chi connectivity index (χ2v) is 6.32. The lowest BCUT2D eigenvalue weighted by atomic mass is 9.77. The van der Waals surface area contributed by atoms with Gasteiger partial charge in [-0.15, -0.1) is 0 Å². The number of fused-ring (bicyclic) bond motifs is 1. The predicted molar refractivity (Wildman–Crippen MR) is 83.6 cm³/mol. The van der Waals surface area contributed by atoms with Crippen LogP contribution < -0.4 is 5.32 Å². The third-order valence-electron chi connectivity index (χ3n) is 4.84. The first-order valence-electron chi connectivity index (χ1n) is 7.79.